The largest absolute Gasteiger partial charge is 0.503 e. The second-order valence-electron chi connectivity index (χ2n) is 7.82. The highest BCUT2D eigenvalue weighted by molar-refractivity contribution is 8.00. The molecule has 0 saturated carbocycles. The number of Topliss-reactive ketones (excluding diaryl/α,β-unsaturated/α-hetero) is 1. The van der Waals surface area contributed by atoms with Crippen molar-refractivity contribution in [3.63, 3.8) is 0 Å². The Morgan fingerprint density at radius 2 is 1.86 bits per heavy atom. The summed E-state index contributed by atoms with van der Waals surface area (Å²) in [6.45, 7) is 2.04. The SMILES string of the molecule is Cc1ccc(CSc2nnc(N3C(=O)C(O)=C(C(=O)c4cccs4)C3c3ccc(Cl)cc3)s2)cc1. The van der Waals surface area contributed by atoms with Gasteiger partial charge in [0.25, 0.3) is 5.91 Å². The van der Waals surface area contributed by atoms with Crippen molar-refractivity contribution in [2.75, 3.05) is 4.90 Å². The fourth-order valence-electron chi connectivity index (χ4n) is 3.72. The number of thioether (sulfide) groups is 1. The summed E-state index contributed by atoms with van der Waals surface area (Å²) < 4.78 is 0.681. The van der Waals surface area contributed by atoms with Crippen LogP contribution in [-0.4, -0.2) is 27.0 Å². The van der Waals surface area contributed by atoms with Crippen LogP contribution in [0.15, 0.2) is 81.7 Å². The average molecular weight is 540 g/mol. The van der Waals surface area contributed by atoms with Gasteiger partial charge in [0, 0.05) is 10.8 Å². The number of aromatic nitrogens is 2. The molecule has 0 bridgehead atoms. The smallest absolute Gasteiger partial charge is 0.296 e. The van der Waals surface area contributed by atoms with Crippen LogP contribution in [-0.2, 0) is 10.5 Å². The lowest BCUT2D eigenvalue weighted by Crippen LogP contribution is -2.31. The number of carbonyl (C=O) groups excluding carboxylic acids is 2. The van der Waals surface area contributed by atoms with Crippen LogP contribution in [0.5, 0.6) is 0 Å². The number of hydrogen-bond donors (Lipinski definition) is 1. The Morgan fingerprint density at radius 3 is 2.54 bits per heavy atom. The minimum Gasteiger partial charge on any atom is -0.503 e. The number of aliphatic hydroxyl groups is 1. The fourth-order valence-corrected chi connectivity index (χ4v) is 6.35. The molecular formula is C25H18ClN3O3S3. The number of hydrogen-bond acceptors (Lipinski definition) is 8. The van der Waals surface area contributed by atoms with Gasteiger partial charge in [-0.3, -0.25) is 14.5 Å². The van der Waals surface area contributed by atoms with E-state index in [2.05, 4.69) is 34.5 Å². The third kappa shape index (κ3) is 4.77. The molecule has 6 nitrogen and oxygen atoms in total. The van der Waals surface area contributed by atoms with E-state index in [4.69, 9.17) is 11.6 Å². The third-order valence-corrected chi connectivity index (χ3v) is 8.72. The first kappa shape index (κ1) is 23.7. The highest BCUT2D eigenvalue weighted by atomic mass is 35.5. The monoisotopic (exact) mass is 539 g/mol. The number of carbonyl (C=O) groups is 2. The number of amides is 1. The van der Waals surface area contributed by atoms with Gasteiger partial charge >= 0.3 is 0 Å². The number of ketones is 1. The molecule has 0 spiro atoms. The number of nitrogens with zero attached hydrogens (tertiary/aromatic N) is 3. The minimum atomic E-state index is -0.850. The lowest BCUT2D eigenvalue weighted by Gasteiger charge is -2.24. The van der Waals surface area contributed by atoms with Crippen molar-refractivity contribution in [2.24, 2.45) is 0 Å². The Labute approximate surface area is 218 Å². The molecule has 2 aromatic carbocycles. The topological polar surface area (TPSA) is 83.4 Å². The van der Waals surface area contributed by atoms with Crippen molar-refractivity contribution in [3.8, 4) is 0 Å². The number of rotatable bonds is 7. The molecule has 35 heavy (non-hydrogen) atoms. The number of aryl methyl sites for hydroxylation is 1. The quantitative estimate of drug-likeness (QED) is 0.161. The normalized spacial score (nSPS) is 15.8. The number of aliphatic hydroxyl groups excluding tert-OH is 1. The molecule has 1 N–H and O–H groups in total. The molecule has 5 rings (SSSR count). The van der Waals surface area contributed by atoms with Crippen LogP contribution < -0.4 is 4.90 Å². The van der Waals surface area contributed by atoms with E-state index in [0.29, 0.717) is 30.7 Å². The first-order valence-corrected chi connectivity index (χ1v) is 13.6. The molecule has 1 atom stereocenters. The molecule has 0 fully saturated rings. The van der Waals surface area contributed by atoms with Gasteiger partial charge in [-0.2, -0.15) is 0 Å². The van der Waals surface area contributed by atoms with E-state index in [1.54, 1.807) is 41.8 Å². The molecule has 1 aliphatic heterocycles. The van der Waals surface area contributed by atoms with Gasteiger partial charge in [0.1, 0.15) is 0 Å². The molecule has 0 saturated heterocycles. The number of anilines is 1. The molecule has 1 amide bonds. The Balaban J connectivity index is 1.48. The molecule has 0 aliphatic carbocycles. The van der Waals surface area contributed by atoms with Gasteiger partial charge in [0.05, 0.1) is 16.5 Å². The number of halogens is 1. The van der Waals surface area contributed by atoms with Crippen LogP contribution in [0.4, 0.5) is 5.13 Å². The van der Waals surface area contributed by atoms with E-state index in [9.17, 15) is 14.7 Å². The zero-order chi connectivity index (χ0) is 24.5. The van der Waals surface area contributed by atoms with Crippen molar-refractivity contribution in [2.45, 2.75) is 23.1 Å². The van der Waals surface area contributed by atoms with Gasteiger partial charge < -0.3 is 5.11 Å². The summed E-state index contributed by atoms with van der Waals surface area (Å²) in [5.41, 5.74) is 2.99. The molecule has 1 unspecified atom stereocenters. The van der Waals surface area contributed by atoms with Gasteiger partial charge in [-0.1, -0.05) is 82.7 Å². The first-order valence-electron chi connectivity index (χ1n) is 10.5. The van der Waals surface area contributed by atoms with Crippen molar-refractivity contribution >= 4 is 62.9 Å². The lowest BCUT2D eigenvalue weighted by molar-refractivity contribution is -0.117. The van der Waals surface area contributed by atoms with E-state index >= 15 is 0 Å². The molecular weight excluding hydrogens is 522 g/mol. The third-order valence-electron chi connectivity index (χ3n) is 5.47. The molecule has 176 valence electrons. The lowest BCUT2D eigenvalue weighted by atomic mass is 9.95. The number of thiophene rings is 1. The van der Waals surface area contributed by atoms with Gasteiger partial charge in [0.15, 0.2) is 10.1 Å². The van der Waals surface area contributed by atoms with Crippen molar-refractivity contribution in [1.29, 1.82) is 0 Å². The maximum atomic E-state index is 13.3. The van der Waals surface area contributed by atoms with Crippen LogP contribution in [0, 0.1) is 6.92 Å². The first-order chi connectivity index (χ1) is 16.9. The number of benzene rings is 2. The summed E-state index contributed by atoms with van der Waals surface area (Å²) in [4.78, 5) is 28.3. The van der Waals surface area contributed by atoms with E-state index in [1.165, 1.54) is 44.9 Å². The van der Waals surface area contributed by atoms with Crippen molar-refractivity contribution < 1.29 is 14.7 Å². The van der Waals surface area contributed by atoms with Crippen LogP contribution in [0.2, 0.25) is 5.02 Å². The van der Waals surface area contributed by atoms with Crippen LogP contribution in [0.25, 0.3) is 0 Å². The Hall–Kier alpha value is -2.98. The molecule has 2 aromatic heterocycles. The predicted molar refractivity (Wildman–Crippen MR) is 141 cm³/mol. The van der Waals surface area contributed by atoms with Crippen molar-refractivity contribution in [3.05, 3.63) is 104 Å². The van der Waals surface area contributed by atoms with Gasteiger partial charge in [-0.15, -0.1) is 21.5 Å². The van der Waals surface area contributed by atoms with E-state index in [-0.39, 0.29) is 5.57 Å². The Kier molecular flexibility index (Phi) is 6.75. The van der Waals surface area contributed by atoms with Crippen molar-refractivity contribution in [1.82, 2.24) is 10.2 Å². The summed E-state index contributed by atoms with van der Waals surface area (Å²) in [6.07, 6.45) is 0. The Bertz CT molecular complexity index is 1410. The van der Waals surface area contributed by atoms with Gasteiger partial charge in [-0.05, 0) is 41.6 Å². The average Bonchev–Trinajstić information content (AvgIpc) is 3.60. The molecule has 1 aliphatic rings. The molecule has 10 heteroatoms. The van der Waals surface area contributed by atoms with E-state index < -0.39 is 23.5 Å². The maximum absolute atomic E-state index is 13.3. The van der Waals surface area contributed by atoms with E-state index in [1.807, 2.05) is 6.92 Å². The maximum Gasteiger partial charge on any atom is 0.296 e. The minimum absolute atomic E-state index is 0.0174. The Morgan fingerprint density at radius 1 is 1.11 bits per heavy atom. The summed E-state index contributed by atoms with van der Waals surface area (Å²) in [5.74, 6) is -0.954. The van der Waals surface area contributed by atoms with Crippen LogP contribution >= 0.6 is 46.0 Å². The summed E-state index contributed by atoms with van der Waals surface area (Å²) in [6, 6.07) is 17.7. The summed E-state index contributed by atoms with van der Waals surface area (Å²) in [5, 5.41) is 21.9. The van der Waals surface area contributed by atoms with E-state index in [0.717, 1.165) is 5.56 Å². The molecule has 4 aromatic rings. The predicted octanol–water partition coefficient (Wildman–Crippen LogP) is 6.64. The highest BCUT2D eigenvalue weighted by Crippen LogP contribution is 2.44. The zero-order valence-electron chi connectivity index (χ0n) is 18.3. The highest BCUT2D eigenvalue weighted by Gasteiger charge is 2.46. The second kappa shape index (κ2) is 9.94. The fraction of sp³-hybridized carbons (Fsp3) is 0.120. The zero-order valence-corrected chi connectivity index (χ0v) is 21.5. The standard InChI is InChI=1S/C25H18ClN3O3S3/c1-14-4-6-15(7-5-14)13-34-25-28-27-24(35-25)29-20(16-8-10-17(26)11-9-16)19(22(31)23(29)32)21(30)18-3-2-12-33-18/h2-12,20,31H,13H2,1H3. The molecule has 0 radical (unpaired) electrons. The summed E-state index contributed by atoms with van der Waals surface area (Å²) >= 11 is 10.1. The van der Waals surface area contributed by atoms with Gasteiger partial charge in [-0.25, -0.2) is 0 Å². The van der Waals surface area contributed by atoms with Gasteiger partial charge in [0.2, 0.25) is 10.9 Å². The van der Waals surface area contributed by atoms with Crippen LogP contribution in [0.1, 0.15) is 32.4 Å². The molecule has 3 heterocycles. The van der Waals surface area contributed by atoms with Crippen LogP contribution in [0.3, 0.4) is 0 Å². The second-order valence-corrected chi connectivity index (χ2v) is 11.4. The summed E-state index contributed by atoms with van der Waals surface area (Å²) in [7, 11) is 0.